The van der Waals surface area contributed by atoms with Gasteiger partial charge in [0.2, 0.25) is 0 Å². The zero-order valence-electron chi connectivity index (χ0n) is 12.9. The number of methoxy groups -OCH3 is 1. The molecule has 110 valence electrons. The van der Waals surface area contributed by atoms with Gasteiger partial charge in [-0.05, 0) is 24.1 Å². The quantitative estimate of drug-likeness (QED) is 0.865. The predicted molar refractivity (Wildman–Crippen MR) is 82.2 cm³/mol. The van der Waals surface area contributed by atoms with Crippen LogP contribution < -0.4 is 5.32 Å². The lowest BCUT2D eigenvalue weighted by molar-refractivity contribution is 0.171. The Labute approximate surface area is 120 Å². The lowest BCUT2D eigenvalue weighted by Crippen LogP contribution is -2.30. The van der Waals surface area contributed by atoms with Crippen LogP contribution in [-0.4, -0.2) is 24.7 Å². The minimum atomic E-state index is 0.286. The Balaban J connectivity index is 2.22. The van der Waals surface area contributed by atoms with Crippen LogP contribution in [0.1, 0.15) is 39.5 Å². The number of ether oxygens (including phenoxy) is 1. The average Bonchev–Trinajstić information content (AvgIpc) is 2.81. The van der Waals surface area contributed by atoms with Crippen molar-refractivity contribution in [3.05, 3.63) is 24.1 Å². The Bertz CT molecular complexity index is 561. The largest absolute Gasteiger partial charge is 0.440 e. The number of hydrogen-bond acceptors (Lipinski definition) is 4. The minimum Gasteiger partial charge on any atom is -0.440 e. The van der Waals surface area contributed by atoms with Crippen molar-refractivity contribution in [3.8, 4) is 0 Å². The van der Waals surface area contributed by atoms with Crippen molar-refractivity contribution < 1.29 is 9.15 Å². The first-order valence-corrected chi connectivity index (χ1v) is 7.17. The molecule has 0 saturated heterocycles. The van der Waals surface area contributed by atoms with Gasteiger partial charge in [-0.1, -0.05) is 27.7 Å². The van der Waals surface area contributed by atoms with E-state index >= 15 is 0 Å². The van der Waals surface area contributed by atoms with Gasteiger partial charge in [0.25, 0.3) is 0 Å². The van der Waals surface area contributed by atoms with E-state index in [2.05, 4.69) is 38.0 Å². The molecule has 20 heavy (non-hydrogen) atoms. The van der Waals surface area contributed by atoms with Gasteiger partial charge in [-0.25, -0.2) is 4.98 Å². The zero-order valence-corrected chi connectivity index (χ0v) is 12.9. The normalized spacial score (nSPS) is 13.3. The molecule has 1 atom stereocenters. The van der Waals surface area contributed by atoms with E-state index in [1.807, 2.05) is 18.2 Å². The minimum absolute atomic E-state index is 0.286. The summed E-state index contributed by atoms with van der Waals surface area (Å²) in [7, 11) is 1.73. The van der Waals surface area contributed by atoms with E-state index in [9.17, 15) is 0 Å². The van der Waals surface area contributed by atoms with E-state index in [0.29, 0.717) is 18.4 Å². The first kappa shape index (κ1) is 14.9. The third kappa shape index (κ3) is 3.31. The van der Waals surface area contributed by atoms with Crippen molar-refractivity contribution in [3.63, 3.8) is 0 Å². The SMILES string of the molecule is COCC(Nc1ccc2oc(C(C)C)nc2c1)C(C)C. The average molecular weight is 276 g/mol. The van der Waals surface area contributed by atoms with Crippen molar-refractivity contribution in [2.75, 3.05) is 19.0 Å². The van der Waals surface area contributed by atoms with Crippen molar-refractivity contribution in [1.29, 1.82) is 0 Å². The van der Waals surface area contributed by atoms with E-state index in [4.69, 9.17) is 9.15 Å². The third-order valence-electron chi connectivity index (χ3n) is 3.40. The van der Waals surface area contributed by atoms with Crippen LogP contribution in [0.3, 0.4) is 0 Å². The molecule has 0 amide bonds. The standard InChI is InChI=1S/C16H24N2O2/c1-10(2)14(9-19-5)17-12-6-7-15-13(8-12)18-16(20-15)11(3)4/h6-8,10-11,14,17H,9H2,1-5H3. The number of benzene rings is 1. The van der Waals surface area contributed by atoms with Crippen LogP contribution in [0, 0.1) is 5.92 Å². The van der Waals surface area contributed by atoms with E-state index in [1.54, 1.807) is 7.11 Å². The Kier molecular flexibility index (Phi) is 4.65. The number of nitrogens with zero attached hydrogens (tertiary/aromatic N) is 1. The first-order chi connectivity index (χ1) is 9.51. The molecule has 4 heteroatoms. The zero-order chi connectivity index (χ0) is 14.7. The highest BCUT2D eigenvalue weighted by atomic mass is 16.5. The molecule has 0 spiro atoms. The van der Waals surface area contributed by atoms with Gasteiger partial charge in [0.1, 0.15) is 5.52 Å². The molecule has 2 rings (SSSR count). The summed E-state index contributed by atoms with van der Waals surface area (Å²) >= 11 is 0. The summed E-state index contributed by atoms with van der Waals surface area (Å²) in [6, 6.07) is 6.33. The first-order valence-electron chi connectivity index (χ1n) is 7.17. The highest BCUT2D eigenvalue weighted by molar-refractivity contribution is 5.77. The van der Waals surface area contributed by atoms with Crippen LogP contribution in [-0.2, 0) is 4.74 Å². The highest BCUT2D eigenvalue weighted by Crippen LogP contribution is 2.24. The molecule has 0 aliphatic rings. The fourth-order valence-corrected chi connectivity index (χ4v) is 2.08. The summed E-state index contributed by atoms with van der Waals surface area (Å²) in [4.78, 5) is 4.53. The van der Waals surface area contributed by atoms with Gasteiger partial charge in [0, 0.05) is 18.7 Å². The molecule has 1 unspecified atom stereocenters. The van der Waals surface area contributed by atoms with Gasteiger partial charge in [-0.15, -0.1) is 0 Å². The molecule has 0 aliphatic heterocycles. The number of oxazole rings is 1. The van der Waals surface area contributed by atoms with E-state index in [0.717, 1.165) is 22.7 Å². The van der Waals surface area contributed by atoms with Crippen LogP contribution >= 0.6 is 0 Å². The van der Waals surface area contributed by atoms with Crippen molar-refractivity contribution >= 4 is 16.8 Å². The number of fused-ring (bicyclic) bond motifs is 1. The van der Waals surface area contributed by atoms with Gasteiger partial charge in [-0.3, -0.25) is 0 Å². The summed E-state index contributed by atoms with van der Waals surface area (Å²) in [6.45, 7) is 9.21. The topological polar surface area (TPSA) is 47.3 Å². The Morgan fingerprint density at radius 3 is 2.60 bits per heavy atom. The Hall–Kier alpha value is -1.55. The van der Waals surface area contributed by atoms with Crippen molar-refractivity contribution in [1.82, 2.24) is 4.98 Å². The van der Waals surface area contributed by atoms with Crippen molar-refractivity contribution in [2.24, 2.45) is 5.92 Å². The summed E-state index contributed by atoms with van der Waals surface area (Å²) in [5.74, 6) is 1.58. The van der Waals surface area contributed by atoms with Crippen LogP contribution in [0.2, 0.25) is 0 Å². The molecule has 1 aromatic heterocycles. The van der Waals surface area contributed by atoms with Gasteiger partial charge >= 0.3 is 0 Å². The van der Waals surface area contributed by atoms with E-state index < -0.39 is 0 Å². The smallest absolute Gasteiger partial charge is 0.198 e. The number of anilines is 1. The molecule has 1 aromatic carbocycles. The van der Waals surface area contributed by atoms with Crippen LogP contribution in [0.5, 0.6) is 0 Å². The van der Waals surface area contributed by atoms with Crippen LogP contribution in [0.4, 0.5) is 5.69 Å². The second-order valence-corrected chi connectivity index (χ2v) is 5.84. The number of nitrogens with one attached hydrogen (secondary N) is 1. The molecular weight excluding hydrogens is 252 g/mol. The van der Waals surface area contributed by atoms with Gasteiger partial charge in [0.15, 0.2) is 11.5 Å². The maximum absolute atomic E-state index is 5.72. The third-order valence-corrected chi connectivity index (χ3v) is 3.40. The number of hydrogen-bond donors (Lipinski definition) is 1. The second kappa shape index (κ2) is 6.27. The van der Waals surface area contributed by atoms with Gasteiger partial charge in [-0.2, -0.15) is 0 Å². The van der Waals surface area contributed by atoms with Gasteiger partial charge < -0.3 is 14.5 Å². The monoisotopic (exact) mass is 276 g/mol. The van der Waals surface area contributed by atoms with Crippen LogP contribution in [0.15, 0.2) is 22.6 Å². The molecule has 4 nitrogen and oxygen atoms in total. The molecule has 0 aliphatic carbocycles. The van der Waals surface area contributed by atoms with E-state index in [1.165, 1.54) is 0 Å². The van der Waals surface area contributed by atoms with Gasteiger partial charge in [0.05, 0.1) is 12.6 Å². The summed E-state index contributed by atoms with van der Waals surface area (Å²) < 4.78 is 11.0. The second-order valence-electron chi connectivity index (χ2n) is 5.84. The molecule has 0 radical (unpaired) electrons. The predicted octanol–water partition coefficient (Wildman–Crippen LogP) is 4.03. The molecule has 2 aromatic rings. The lowest BCUT2D eigenvalue weighted by Gasteiger charge is -2.22. The fourth-order valence-electron chi connectivity index (χ4n) is 2.08. The molecular formula is C16H24N2O2. The summed E-state index contributed by atoms with van der Waals surface area (Å²) in [6.07, 6.45) is 0. The maximum atomic E-state index is 5.72. The summed E-state index contributed by atoms with van der Waals surface area (Å²) in [5.41, 5.74) is 2.79. The number of aromatic nitrogens is 1. The maximum Gasteiger partial charge on any atom is 0.198 e. The van der Waals surface area contributed by atoms with Crippen molar-refractivity contribution in [2.45, 2.75) is 39.7 Å². The van der Waals surface area contributed by atoms with Crippen LogP contribution in [0.25, 0.3) is 11.1 Å². The number of rotatable bonds is 6. The lowest BCUT2D eigenvalue weighted by atomic mass is 10.1. The summed E-state index contributed by atoms with van der Waals surface area (Å²) in [5, 5.41) is 3.50. The fraction of sp³-hybridized carbons (Fsp3) is 0.562. The molecule has 0 fully saturated rings. The molecule has 1 heterocycles. The van der Waals surface area contributed by atoms with E-state index in [-0.39, 0.29) is 6.04 Å². The highest BCUT2D eigenvalue weighted by Gasteiger charge is 2.14. The molecule has 0 saturated carbocycles. The molecule has 1 N–H and O–H groups in total. The Morgan fingerprint density at radius 1 is 1.25 bits per heavy atom. The molecule has 0 bridgehead atoms. The Morgan fingerprint density at radius 2 is 2.00 bits per heavy atom.